The van der Waals surface area contributed by atoms with Gasteiger partial charge in [-0.05, 0) is 51.4 Å². The van der Waals surface area contributed by atoms with Crippen LogP contribution in [0.25, 0.3) is 0 Å². The molecule has 0 spiro atoms. The molecule has 7 atom stereocenters. The van der Waals surface area contributed by atoms with E-state index in [2.05, 4.69) is 5.32 Å². The number of hydrogen-bond acceptors (Lipinski definition) is 10. The molecule has 3 aliphatic rings. The lowest BCUT2D eigenvalue weighted by molar-refractivity contribution is -0.181. The van der Waals surface area contributed by atoms with Gasteiger partial charge in [0.2, 0.25) is 5.91 Å². The third-order valence-electron chi connectivity index (χ3n) is 8.69. The van der Waals surface area contributed by atoms with Crippen molar-refractivity contribution in [3.63, 3.8) is 0 Å². The number of Topliss-reactive ketones (excluding diaryl/α,β-unsaturated/α-hetero) is 4. The van der Waals surface area contributed by atoms with Crippen molar-refractivity contribution in [3.05, 3.63) is 22.8 Å². The van der Waals surface area contributed by atoms with Crippen LogP contribution in [-0.4, -0.2) is 96.2 Å². The van der Waals surface area contributed by atoms with Gasteiger partial charge < -0.3 is 26.2 Å². The number of alkyl halides is 3. The average Bonchev–Trinajstić information content (AvgIpc) is 2.84. The lowest BCUT2D eigenvalue weighted by Crippen LogP contribution is -2.74. The van der Waals surface area contributed by atoms with Crippen LogP contribution in [0.2, 0.25) is 0 Å². The zero-order valence-electron chi connectivity index (χ0n) is 23.2. The van der Waals surface area contributed by atoms with E-state index in [1.54, 1.807) is 19.0 Å². The number of nitrogens with one attached hydrogen (secondary N) is 1. The molecule has 0 saturated heterocycles. The molecule has 4 unspecified atom stereocenters. The molecule has 1 aromatic carbocycles. The number of anilines is 1. The van der Waals surface area contributed by atoms with Crippen molar-refractivity contribution in [1.82, 2.24) is 10.2 Å². The number of amides is 1. The van der Waals surface area contributed by atoms with Gasteiger partial charge >= 0.3 is 6.18 Å². The molecule has 0 aliphatic heterocycles. The quantitative estimate of drug-likeness (QED) is 0.334. The predicted molar refractivity (Wildman–Crippen MR) is 138 cm³/mol. The van der Waals surface area contributed by atoms with E-state index in [0.29, 0.717) is 11.3 Å². The normalized spacial score (nSPS) is 30.5. The van der Waals surface area contributed by atoms with Gasteiger partial charge in [-0.25, -0.2) is 0 Å². The number of ketones is 4. The van der Waals surface area contributed by atoms with Gasteiger partial charge in [-0.1, -0.05) is 0 Å². The predicted octanol–water partition coefficient (Wildman–Crippen LogP) is -0.0266. The van der Waals surface area contributed by atoms with Crippen LogP contribution in [0.5, 0.6) is 5.75 Å². The molecule has 0 aromatic heterocycles. The number of carbonyl (C=O) groups is 5. The molecular formula is C27H33F3N4O7. The number of phenolic OH excluding ortho intramolecular Hbond substituents is 1. The Morgan fingerprint density at radius 3 is 2.29 bits per heavy atom. The molecule has 0 radical (unpaired) electrons. The highest BCUT2D eigenvalue weighted by Gasteiger charge is 2.69. The van der Waals surface area contributed by atoms with Crippen LogP contribution in [0.15, 0.2) is 6.07 Å². The fraction of sp³-hybridized carbons (Fsp3) is 0.593. The number of aliphatic hydroxyl groups is 1. The topological polar surface area (TPSA) is 170 Å². The van der Waals surface area contributed by atoms with Crippen LogP contribution in [0.1, 0.15) is 34.8 Å². The molecule has 224 valence electrons. The number of fused-ring (bicyclic) bond motifs is 3. The molecule has 2 saturated carbocycles. The summed E-state index contributed by atoms with van der Waals surface area (Å²) in [4.78, 5) is 69.5. The minimum absolute atomic E-state index is 0.0176. The highest BCUT2D eigenvalue weighted by molar-refractivity contribution is 6.32. The van der Waals surface area contributed by atoms with E-state index in [9.17, 15) is 47.4 Å². The van der Waals surface area contributed by atoms with E-state index in [1.807, 2.05) is 0 Å². The highest BCUT2D eigenvalue weighted by Crippen LogP contribution is 2.52. The van der Waals surface area contributed by atoms with Crippen molar-refractivity contribution in [2.24, 2.45) is 29.4 Å². The van der Waals surface area contributed by atoms with E-state index in [1.165, 1.54) is 25.1 Å². The number of carbonyl (C=O) groups excluding carboxylic acids is 5. The first-order chi connectivity index (χ1) is 18.8. The van der Waals surface area contributed by atoms with Crippen LogP contribution < -0.4 is 16.0 Å². The Morgan fingerprint density at radius 1 is 1.17 bits per heavy atom. The monoisotopic (exact) mass is 582 g/mol. The third kappa shape index (κ3) is 4.61. The number of hydrogen-bond donors (Lipinski definition) is 4. The largest absolute Gasteiger partial charge is 0.507 e. The van der Waals surface area contributed by atoms with E-state index >= 15 is 0 Å². The summed E-state index contributed by atoms with van der Waals surface area (Å²) in [6.45, 7) is 0.454. The summed E-state index contributed by atoms with van der Waals surface area (Å²) in [7, 11) is 6.28. The first-order valence-corrected chi connectivity index (χ1v) is 13.0. The summed E-state index contributed by atoms with van der Waals surface area (Å²) in [6.07, 6.45) is -4.62. The first-order valence-electron chi connectivity index (χ1n) is 13.0. The summed E-state index contributed by atoms with van der Waals surface area (Å²) in [5.74, 6) is -12.0. The maximum absolute atomic E-state index is 13.9. The SMILES string of the molecule is CC(NCc1cc(N(C)C)c2c(c1O)C(=O)C1C(=O)[C@]3(O)C(=O)C(C(N)=O)C(=O)C(N(C)C)[C@@H]3C[C@@H]1C2)C(F)(F)F. The molecule has 0 heterocycles. The van der Waals surface area contributed by atoms with Crippen LogP contribution in [-0.2, 0) is 32.1 Å². The molecule has 1 aromatic rings. The lowest BCUT2D eigenvalue weighted by Gasteiger charge is -2.52. The molecular weight excluding hydrogens is 549 g/mol. The number of benzene rings is 1. The van der Waals surface area contributed by atoms with Gasteiger partial charge in [0.15, 0.2) is 34.7 Å². The van der Waals surface area contributed by atoms with Gasteiger partial charge in [0, 0.05) is 37.8 Å². The summed E-state index contributed by atoms with van der Waals surface area (Å²) in [5, 5.41) is 25.0. The van der Waals surface area contributed by atoms with Gasteiger partial charge in [-0.15, -0.1) is 0 Å². The van der Waals surface area contributed by atoms with Gasteiger partial charge in [0.1, 0.15) is 11.8 Å². The molecule has 41 heavy (non-hydrogen) atoms. The fourth-order valence-corrected chi connectivity index (χ4v) is 6.62. The van der Waals surface area contributed by atoms with Crippen LogP contribution in [0.3, 0.4) is 0 Å². The van der Waals surface area contributed by atoms with E-state index in [4.69, 9.17) is 5.73 Å². The molecule has 0 bridgehead atoms. The summed E-state index contributed by atoms with van der Waals surface area (Å²) >= 11 is 0. The van der Waals surface area contributed by atoms with Gasteiger partial charge in [0.05, 0.1) is 17.5 Å². The maximum atomic E-state index is 13.9. The molecule has 1 amide bonds. The Balaban J connectivity index is 1.83. The Hall–Kier alpha value is -3.36. The second-order valence-corrected chi connectivity index (χ2v) is 11.6. The molecule has 11 nitrogen and oxygen atoms in total. The minimum Gasteiger partial charge on any atom is -0.507 e. The zero-order chi connectivity index (χ0) is 30.9. The van der Waals surface area contributed by atoms with Gasteiger partial charge in [-0.2, -0.15) is 13.2 Å². The highest BCUT2D eigenvalue weighted by atomic mass is 19.4. The molecule has 14 heteroatoms. The molecule has 2 fully saturated rings. The Kier molecular flexibility index (Phi) is 7.59. The van der Waals surface area contributed by atoms with Gasteiger partial charge in [0.25, 0.3) is 0 Å². The first kappa shape index (κ1) is 30.6. The smallest absolute Gasteiger partial charge is 0.403 e. The van der Waals surface area contributed by atoms with E-state index in [-0.39, 0.29) is 24.0 Å². The Bertz CT molecular complexity index is 1340. The number of nitrogens with two attached hydrogens (primary N) is 1. The van der Waals surface area contributed by atoms with Crippen molar-refractivity contribution in [1.29, 1.82) is 0 Å². The Labute approximate surface area is 233 Å². The summed E-state index contributed by atoms with van der Waals surface area (Å²) < 4.78 is 39.2. The molecule has 5 N–H and O–H groups in total. The standard InChI is InChI=1S/C27H33F3N4O7/c1-10(27(28,29)30)32-9-12-8-15(33(2)3)13-6-11-7-14-19(34(4)5)22(37)18(25(31)40)24(39)26(14,41)23(38)16(11)21(36)17(13)20(12)35/h8,10-11,14,16,18-19,32,35,41H,6-7,9H2,1-5H3,(H2,31,40)/t10?,11-,14-,16?,18?,19?,26-/m0/s1. The average molecular weight is 583 g/mol. The number of primary amides is 1. The number of rotatable bonds is 6. The van der Waals surface area contributed by atoms with Crippen molar-refractivity contribution < 1.29 is 47.4 Å². The third-order valence-corrected chi connectivity index (χ3v) is 8.69. The van der Waals surface area contributed by atoms with Crippen molar-refractivity contribution in [3.8, 4) is 5.75 Å². The Morgan fingerprint density at radius 2 is 1.78 bits per heavy atom. The van der Waals surface area contributed by atoms with Crippen LogP contribution in [0.4, 0.5) is 18.9 Å². The number of halogens is 3. The second kappa shape index (κ2) is 10.2. The van der Waals surface area contributed by atoms with Gasteiger partial charge in [-0.3, -0.25) is 28.9 Å². The van der Waals surface area contributed by atoms with Crippen molar-refractivity contribution in [2.75, 3.05) is 33.1 Å². The second-order valence-electron chi connectivity index (χ2n) is 11.6. The lowest BCUT2D eigenvalue weighted by atomic mass is 9.52. The maximum Gasteiger partial charge on any atom is 0.403 e. The number of likely N-dealkylation sites (N-methyl/N-ethyl adjacent to an activating group) is 1. The molecule has 3 aliphatic carbocycles. The van der Waals surface area contributed by atoms with E-state index < -0.39 is 88.9 Å². The fourth-order valence-electron chi connectivity index (χ4n) is 6.62. The van der Waals surface area contributed by atoms with E-state index in [0.717, 1.165) is 6.92 Å². The van der Waals surface area contributed by atoms with Crippen molar-refractivity contribution >= 4 is 34.7 Å². The summed E-state index contributed by atoms with van der Waals surface area (Å²) in [6, 6.07) is -1.68. The minimum atomic E-state index is -4.56. The number of aromatic hydroxyl groups is 1. The number of phenols is 1. The van der Waals surface area contributed by atoms with Crippen LogP contribution >= 0.6 is 0 Å². The summed E-state index contributed by atoms with van der Waals surface area (Å²) in [5.41, 5.74) is 2.94. The van der Waals surface area contributed by atoms with Crippen molar-refractivity contribution in [2.45, 2.75) is 50.2 Å². The van der Waals surface area contributed by atoms with Crippen LogP contribution in [0, 0.1) is 23.7 Å². The molecule has 4 rings (SSSR count). The zero-order valence-corrected chi connectivity index (χ0v) is 23.2. The number of nitrogens with zero attached hydrogens (tertiary/aromatic N) is 2.